The van der Waals surface area contributed by atoms with Crippen molar-refractivity contribution >= 4 is 17.6 Å². The Morgan fingerprint density at radius 2 is 1.35 bits per heavy atom. The molecule has 0 amide bonds. The minimum absolute atomic E-state index is 0.250. The number of carbonyl (C=O) groups is 2. The summed E-state index contributed by atoms with van der Waals surface area (Å²) < 4.78 is 58.2. The van der Waals surface area contributed by atoms with Crippen LogP contribution >= 0.6 is 0 Å². The normalized spacial score (nSPS) is 15.8. The van der Waals surface area contributed by atoms with Crippen LogP contribution in [0.25, 0.3) is 0 Å². The molecule has 5 nitrogen and oxygen atoms in total. The molecule has 2 rings (SSSR count). The number of hydrogen-bond acceptors (Lipinski definition) is 5. The molecule has 0 bridgehead atoms. The van der Waals surface area contributed by atoms with Crippen molar-refractivity contribution < 1.29 is 36.6 Å². The van der Waals surface area contributed by atoms with Gasteiger partial charge >= 0.3 is 11.9 Å². The zero-order valence-corrected chi connectivity index (χ0v) is 12.0. The summed E-state index contributed by atoms with van der Waals surface area (Å²) in [5, 5.41) is 0. The fourth-order valence-electron chi connectivity index (χ4n) is 1.56. The zero-order chi connectivity index (χ0) is 17.4. The monoisotopic (exact) mass is 337 g/mol. The molecule has 0 spiro atoms. The average Bonchev–Trinajstić information content (AvgIpc) is 2.50. The van der Waals surface area contributed by atoms with Gasteiger partial charge in [0.1, 0.15) is 6.42 Å². The molecule has 0 atom stereocenters. The van der Waals surface area contributed by atoms with Gasteiger partial charge in [0.25, 0.3) is 0 Å². The third kappa shape index (κ3) is 6.13. The number of esters is 2. The SMILES string of the molecule is Nc1cc(F)c(F)c(F)c1F.O=C1CC(=O)OCCCCCO1. The molecular formula is C14H15F4NO4. The van der Waals surface area contributed by atoms with Crippen LogP contribution in [0.4, 0.5) is 23.2 Å². The Kier molecular flexibility index (Phi) is 7.30. The highest BCUT2D eigenvalue weighted by Gasteiger charge is 2.16. The van der Waals surface area contributed by atoms with Crippen LogP contribution in [0, 0.1) is 23.3 Å². The lowest BCUT2D eigenvalue weighted by atomic mass is 10.2. The number of rotatable bonds is 0. The zero-order valence-electron chi connectivity index (χ0n) is 12.0. The van der Waals surface area contributed by atoms with Gasteiger partial charge in [-0.2, -0.15) is 0 Å². The number of cyclic esters (lactones) is 2. The van der Waals surface area contributed by atoms with Crippen LogP contribution in [0.2, 0.25) is 0 Å². The number of carbonyl (C=O) groups excluding carboxylic acids is 2. The summed E-state index contributed by atoms with van der Waals surface area (Å²) in [6.45, 7) is 0.845. The second kappa shape index (κ2) is 8.96. The summed E-state index contributed by atoms with van der Waals surface area (Å²) in [6.07, 6.45) is 2.38. The molecule has 9 heteroatoms. The van der Waals surface area contributed by atoms with Crippen LogP contribution in [0.1, 0.15) is 25.7 Å². The van der Waals surface area contributed by atoms with Gasteiger partial charge in [0.05, 0.1) is 18.9 Å². The molecule has 2 N–H and O–H groups in total. The predicted octanol–water partition coefficient (Wildman–Crippen LogP) is 2.47. The Bertz CT molecular complexity index is 536. The van der Waals surface area contributed by atoms with Gasteiger partial charge in [0.15, 0.2) is 23.3 Å². The molecule has 128 valence electrons. The van der Waals surface area contributed by atoms with E-state index in [-0.39, 0.29) is 6.42 Å². The average molecular weight is 337 g/mol. The molecule has 0 aliphatic carbocycles. The number of nitrogens with two attached hydrogens (primary N) is 1. The van der Waals surface area contributed by atoms with Crippen LogP contribution in [0.15, 0.2) is 6.07 Å². The van der Waals surface area contributed by atoms with E-state index in [2.05, 4.69) is 0 Å². The van der Waals surface area contributed by atoms with Crippen molar-refractivity contribution in [2.75, 3.05) is 18.9 Å². The van der Waals surface area contributed by atoms with E-state index in [0.29, 0.717) is 19.3 Å². The predicted molar refractivity (Wildman–Crippen MR) is 71.1 cm³/mol. The highest BCUT2D eigenvalue weighted by molar-refractivity contribution is 5.91. The Labute approximate surface area is 129 Å². The maximum atomic E-state index is 12.3. The number of ether oxygens (including phenoxy) is 2. The van der Waals surface area contributed by atoms with Crippen molar-refractivity contribution in [1.29, 1.82) is 0 Å². The van der Waals surface area contributed by atoms with Gasteiger partial charge in [-0.05, 0) is 19.3 Å². The van der Waals surface area contributed by atoms with Gasteiger partial charge in [-0.15, -0.1) is 0 Å². The fraction of sp³-hybridized carbons (Fsp3) is 0.429. The van der Waals surface area contributed by atoms with Gasteiger partial charge in [0, 0.05) is 6.07 Å². The minimum Gasteiger partial charge on any atom is -0.465 e. The molecule has 23 heavy (non-hydrogen) atoms. The van der Waals surface area contributed by atoms with E-state index in [0.717, 1.165) is 19.3 Å². The Morgan fingerprint density at radius 3 is 1.87 bits per heavy atom. The second-order valence-electron chi connectivity index (χ2n) is 4.57. The summed E-state index contributed by atoms with van der Waals surface area (Å²) in [5.41, 5.74) is 4.02. The molecule has 1 aromatic carbocycles. The van der Waals surface area contributed by atoms with E-state index in [1.54, 1.807) is 0 Å². The molecule has 0 radical (unpaired) electrons. The molecule has 1 aliphatic heterocycles. The molecule has 1 saturated heterocycles. The van der Waals surface area contributed by atoms with Gasteiger partial charge < -0.3 is 15.2 Å². The van der Waals surface area contributed by atoms with Crippen LogP contribution in [0.3, 0.4) is 0 Å². The summed E-state index contributed by atoms with van der Waals surface area (Å²) in [4.78, 5) is 21.6. The number of anilines is 1. The highest BCUT2D eigenvalue weighted by atomic mass is 19.2. The lowest BCUT2D eigenvalue weighted by Gasteiger charge is -2.08. The third-order valence-corrected chi connectivity index (χ3v) is 2.73. The number of halogens is 4. The molecule has 1 heterocycles. The van der Waals surface area contributed by atoms with E-state index < -0.39 is 40.9 Å². The molecule has 1 aliphatic rings. The van der Waals surface area contributed by atoms with E-state index in [4.69, 9.17) is 15.2 Å². The quantitative estimate of drug-likeness (QED) is 0.196. The minimum atomic E-state index is -1.89. The van der Waals surface area contributed by atoms with Crippen molar-refractivity contribution in [3.05, 3.63) is 29.3 Å². The maximum Gasteiger partial charge on any atom is 0.317 e. The third-order valence-electron chi connectivity index (χ3n) is 2.73. The Hall–Kier alpha value is -2.32. The van der Waals surface area contributed by atoms with Crippen molar-refractivity contribution in [1.82, 2.24) is 0 Å². The van der Waals surface area contributed by atoms with E-state index in [9.17, 15) is 27.2 Å². The van der Waals surface area contributed by atoms with Gasteiger partial charge in [-0.25, -0.2) is 17.6 Å². The molecule has 0 saturated carbocycles. The first-order valence-electron chi connectivity index (χ1n) is 6.72. The van der Waals surface area contributed by atoms with Crippen LogP contribution < -0.4 is 5.73 Å². The molecule has 0 unspecified atom stereocenters. The van der Waals surface area contributed by atoms with Crippen LogP contribution in [-0.4, -0.2) is 25.2 Å². The molecular weight excluding hydrogens is 322 g/mol. The van der Waals surface area contributed by atoms with Gasteiger partial charge in [-0.3, -0.25) is 9.59 Å². The topological polar surface area (TPSA) is 78.6 Å². The first-order valence-corrected chi connectivity index (χ1v) is 6.72. The van der Waals surface area contributed by atoms with Gasteiger partial charge in [0.2, 0.25) is 0 Å². The van der Waals surface area contributed by atoms with Gasteiger partial charge in [-0.1, -0.05) is 0 Å². The largest absolute Gasteiger partial charge is 0.465 e. The summed E-state index contributed by atoms with van der Waals surface area (Å²) in [5.74, 6) is -7.77. The summed E-state index contributed by atoms with van der Waals surface area (Å²) in [7, 11) is 0. The lowest BCUT2D eigenvalue weighted by molar-refractivity contribution is -0.155. The standard InChI is InChI=1S/C8H12O4.C6H3F4N/c9-7-6-8(10)12-5-3-1-2-4-11-7;7-2-1-3(11)5(9)6(10)4(2)8/h1-6H2;1H,11H2. The first kappa shape index (κ1) is 18.7. The van der Waals surface area contributed by atoms with Crippen LogP contribution in [0.5, 0.6) is 0 Å². The molecule has 0 aromatic heterocycles. The Morgan fingerprint density at radius 1 is 0.826 bits per heavy atom. The summed E-state index contributed by atoms with van der Waals surface area (Å²) >= 11 is 0. The van der Waals surface area contributed by atoms with Crippen molar-refractivity contribution in [2.45, 2.75) is 25.7 Å². The number of hydrogen-bond donors (Lipinski definition) is 1. The summed E-state index contributed by atoms with van der Waals surface area (Å²) in [6, 6.07) is 0.383. The highest BCUT2D eigenvalue weighted by Crippen LogP contribution is 2.19. The smallest absolute Gasteiger partial charge is 0.317 e. The van der Waals surface area contributed by atoms with Crippen molar-refractivity contribution in [3.63, 3.8) is 0 Å². The fourth-order valence-corrected chi connectivity index (χ4v) is 1.56. The molecule has 1 aromatic rings. The van der Waals surface area contributed by atoms with E-state index in [1.807, 2.05) is 0 Å². The van der Waals surface area contributed by atoms with Crippen molar-refractivity contribution in [3.8, 4) is 0 Å². The maximum absolute atomic E-state index is 12.3. The number of nitrogen functional groups attached to an aromatic ring is 1. The lowest BCUT2D eigenvalue weighted by Crippen LogP contribution is -2.16. The van der Waals surface area contributed by atoms with E-state index in [1.165, 1.54) is 0 Å². The second-order valence-corrected chi connectivity index (χ2v) is 4.57. The Balaban J connectivity index is 0.000000231. The van der Waals surface area contributed by atoms with Crippen LogP contribution in [-0.2, 0) is 19.1 Å². The number of benzene rings is 1. The molecule has 1 fully saturated rings. The first-order chi connectivity index (χ1) is 10.8. The van der Waals surface area contributed by atoms with Crippen molar-refractivity contribution in [2.24, 2.45) is 0 Å². The van der Waals surface area contributed by atoms with E-state index >= 15 is 0 Å².